The van der Waals surface area contributed by atoms with Gasteiger partial charge in [-0.25, -0.2) is 8.78 Å². The first-order chi connectivity index (χ1) is 7.95. The second-order valence-electron chi connectivity index (χ2n) is 3.91. The van der Waals surface area contributed by atoms with Crippen LogP contribution in [0.15, 0.2) is 18.2 Å². The van der Waals surface area contributed by atoms with Gasteiger partial charge in [0.05, 0.1) is 0 Å². The van der Waals surface area contributed by atoms with E-state index in [0.29, 0.717) is 6.42 Å². The Kier molecular flexibility index (Phi) is 4.57. The summed E-state index contributed by atoms with van der Waals surface area (Å²) in [4.78, 5) is 12.4. The normalized spacial score (nSPS) is 12.8. The smallest absolute Gasteiger partial charge is 0.320 e. The summed E-state index contributed by atoms with van der Waals surface area (Å²) >= 11 is 0. The van der Waals surface area contributed by atoms with Gasteiger partial charge in [-0.1, -0.05) is 13.0 Å². The highest BCUT2D eigenvalue weighted by molar-refractivity contribution is 5.73. The van der Waals surface area contributed by atoms with Crippen molar-refractivity contribution in [2.75, 3.05) is 7.05 Å². The van der Waals surface area contributed by atoms with Crippen LogP contribution in [0.2, 0.25) is 0 Å². The quantitative estimate of drug-likeness (QED) is 0.862. The molecule has 3 nitrogen and oxygen atoms in total. The number of hydrogen-bond donors (Lipinski definition) is 1. The van der Waals surface area contributed by atoms with E-state index in [9.17, 15) is 13.6 Å². The maximum atomic E-state index is 13.4. The Morgan fingerprint density at radius 2 is 2.12 bits per heavy atom. The third-order valence-electron chi connectivity index (χ3n) is 2.64. The van der Waals surface area contributed by atoms with Gasteiger partial charge in [0.25, 0.3) is 0 Å². The molecule has 1 rings (SSSR count). The Hall–Kier alpha value is -1.49. The van der Waals surface area contributed by atoms with Crippen molar-refractivity contribution in [1.29, 1.82) is 0 Å². The van der Waals surface area contributed by atoms with E-state index in [0.717, 1.165) is 12.1 Å². The van der Waals surface area contributed by atoms with Gasteiger partial charge in [-0.15, -0.1) is 0 Å². The third-order valence-corrected chi connectivity index (χ3v) is 2.64. The number of nitrogens with zero attached hydrogens (tertiary/aromatic N) is 1. The van der Waals surface area contributed by atoms with Crippen molar-refractivity contribution in [3.8, 4) is 0 Å². The van der Waals surface area contributed by atoms with Gasteiger partial charge in [0, 0.05) is 18.2 Å². The molecule has 0 saturated heterocycles. The van der Waals surface area contributed by atoms with Gasteiger partial charge < -0.3 is 5.11 Å². The molecule has 0 saturated carbocycles. The highest BCUT2D eigenvalue weighted by Crippen LogP contribution is 2.14. The molecule has 5 heteroatoms. The van der Waals surface area contributed by atoms with Crippen molar-refractivity contribution in [2.45, 2.75) is 25.9 Å². The second-order valence-corrected chi connectivity index (χ2v) is 3.91. The van der Waals surface area contributed by atoms with Crippen LogP contribution in [-0.4, -0.2) is 29.1 Å². The maximum Gasteiger partial charge on any atom is 0.320 e. The summed E-state index contributed by atoms with van der Waals surface area (Å²) in [5, 5.41) is 8.94. The van der Waals surface area contributed by atoms with Crippen LogP contribution in [-0.2, 0) is 11.3 Å². The lowest BCUT2D eigenvalue weighted by Crippen LogP contribution is -2.37. The van der Waals surface area contributed by atoms with Crippen molar-refractivity contribution < 1.29 is 18.7 Å². The molecule has 0 fully saturated rings. The van der Waals surface area contributed by atoms with Crippen LogP contribution < -0.4 is 0 Å². The Morgan fingerprint density at radius 1 is 1.47 bits per heavy atom. The number of benzene rings is 1. The lowest BCUT2D eigenvalue weighted by molar-refractivity contribution is -0.143. The van der Waals surface area contributed by atoms with Gasteiger partial charge in [-0.3, -0.25) is 9.69 Å². The van der Waals surface area contributed by atoms with E-state index in [1.807, 2.05) is 0 Å². The summed E-state index contributed by atoms with van der Waals surface area (Å²) in [7, 11) is 1.60. The molecule has 0 amide bonds. The Balaban J connectivity index is 2.79. The summed E-state index contributed by atoms with van der Waals surface area (Å²) in [6.07, 6.45) is 0.425. The Bertz CT molecular complexity index is 409. The van der Waals surface area contributed by atoms with Crippen LogP contribution in [0, 0.1) is 11.6 Å². The largest absolute Gasteiger partial charge is 0.480 e. The summed E-state index contributed by atoms with van der Waals surface area (Å²) in [5.41, 5.74) is 0.286. The van der Waals surface area contributed by atoms with Crippen LogP contribution in [0.4, 0.5) is 8.78 Å². The van der Waals surface area contributed by atoms with Crippen LogP contribution in [0.1, 0.15) is 18.9 Å². The minimum atomic E-state index is -0.947. The predicted molar refractivity (Wildman–Crippen MR) is 59.5 cm³/mol. The molecule has 0 heterocycles. The topological polar surface area (TPSA) is 40.5 Å². The molecule has 0 aliphatic carbocycles. The standard InChI is InChI=1S/C12H15F2NO2/c1-3-11(12(16)17)15(2)7-8-4-5-9(13)6-10(8)14/h4-6,11H,3,7H2,1-2H3,(H,16,17). The van der Waals surface area contributed by atoms with Gasteiger partial charge in [0.2, 0.25) is 0 Å². The van der Waals surface area contributed by atoms with Gasteiger partial charge in [-0.2, -0.15) is 0 Å². The average Bonchev–Trinajstić information content (AvgIpc) is 2.22. The number of hydrogen-bond acceptors (Lipinski definition) is 2. The molecular formula is C12H15F2NO2. The number of likely N-dealkylation sites (N-methyl/N-ethyl adjacent to an activating group) is 1. The minimum absolute atomic E-state index is 0.136. The maximum absolute atomic E-state index is 13.4. The van der Waals surface area contributed by atoms with E-state index in [-0.39, 0.29) is 12.1 Å². The average molecular weight is 243 g/mol. The van der Waals surface area contributed by atoms with Crippen LogP contribution in [0.3, 0.4) is 0 Å². The molecule has 1 atom stereocenters. The molecule has 94 valence electrons. The molecule has 0 aliphatic rings. The number of carboxylic acids is 1. The zero-order chi connectivity index (χ0) is 13.0. The number of halogens is 2. The molecule has 0 spiro atoms. The molecule has 1 aromatic rings. The van der Waals surface area contributed by atoms with Crippen LogP contribution in [0.5, 0.6) is 0 Å². The monoisotopic (exact) mass is 243 g/mol. The van der Waals surface area contributed by atoms with Gasteiger partial charge in [-0.05, 0) is 19.5 Å². The molecule has 1 unspecified atom stereocenters. The Morgan fingerprint density at radius 3 is 2.59 bits per heavy atom. The van der Waals surface area contributed by atoms with Crippen molar-refractivity contribution in [1.82, 2.24) is 4.90 Å². The fourth-order valence-corrected chi connectivity index (χ4v) is 1.70. The number of rotatable bonds is 5. The lowest BCUT2D eigenvalue weighted by Gasteiger charge is -2.23. The number of carboxylic acid groups (broad SMARTS) is 1. The minimum Gasteiger partial charge on any atom is -0.480 e. The van der Waals surface area contributed by atoms with Crippen LogP contribution >= 0.6 is 0 Å². The first kappa shape index (κ1) is 13.6. The molecule has 0 radical (unpaired) electrons. The second kappa shape index (κ2) is 5.72. The fourth-order valence-electron chi connectivity index (χ4n) is 1.70. The van der Waals surface area contributed by atoms with E-state index in [4.69, 9.17) is 5.11 Å². The Labute approximate surface area is 98.7 Å². The summed E-state index contributed by atoms with van der Waals surface area (Å²) < 4.78 is 26.1. The first-order valence-corrected chi connectivity index (χ1v) is 5.32. The van der Waals surface area contributed by atoms with Crippen molar-refractivity contribution in [3.05, 3.63) is 35.4 Å². The zero-order valence-electron chi connectivity index (χ0n) is 9.78. The molecule has 0 bridgehead atoms. The molecular weight excluding hydrogens is 228 g/mol. The van der Waals surface area contributed by atoms with Crippen molar-refractivity contribution >= 4 is 5.97 Å². The van der Waals surface area contributed by atoms with E-state index < -0.39 is 23.6 Å². The molecule has 17 heavy (non-hydrogen) atoms. The van der Waals surface area contributed by atoms with Gasteiger partial charge in [0.1, 0.15) is 17.7 Å². The van der Waals surface area contributed by atoms with Crippen molar-refractivity contribution in [2.24, 2.45) is 0 Å². The van der Waals surface area contributed by atoms with E-state index in [1.165, 1.54) is 11.0 Å². The predicted octanol–water partition coefficient (Wildman–Crippen LogP) is 2.26. The van der Waals surface area contributed by atoms with E-state index >= 15 is 0 Å². The van der Waals surface area contributed by atoms with Gasteiger partial charge in [0.15, 0.2) is 0 Å². The molecule has 1 N–H and O–H groups in total. The van der Waals surface area contributed by atoms with Gasteiger partial charge >= 0.3 is 5.97 Å². The fraction of sp³-hybridized carbons (Fsp3) is 0.417. The SMILES string of the molecule is CCC(C(=O)O)N(C)Cc1ccc(F)cc1F. The van der Waals surface area contributed by atoms with Crippen molar-refractivity contribution in [3.63, 3.8) is 0 Å². The highest BCUT2D eigenvalue weighted by atomic mass is 19.1. The summed E-state index contributed by atoms with van der Waals surface area (Å²) in [5.74, 6) is -2.24. The van der Waals surface area contributed by atoms with Crippen LogP contribution in [0.25, 0.3) is 0 Å². The summed E-state index contributed by atoms with van der Waals surface area (Å²) in [6.45, 7) is 1.88. The van der Waals surface area contributed by atoms with E-state index in [2.05, 4.69) is 0 Å². The number of aliphatic carboxylic acids is 1. The summed E-state index contributed by atoms with van der Waals surface area (Å²) in [6, 6.07) is 2.62. The lowest BCUT2D eigenvalue weighted by atomic mass is 10.1. The number of carbonyl (C=O) groups is 1. The third kappa shape index (κ3) is 3.49. The van der Waals surface area contributed by atoms with E-state index in [1.54, 1.807) is 14.0 Å². The highest BCUT2D eigenvalue weighted by Gasteiger charge is 2.21. The first-order valence-electron chi connectivity index (χ1n) is 5.32. The molecule has 0 aliphatic heterocycles. The zero-order valence-corrected chi connectivity index (χ0v) is 9.78. The molecule has 1 aromatic carbocycles. The molecule has 0 aromatic heterocycles.